The van der Waals surface area contributed by atoms with Crippen molar-refractivity contribution >= 4 is 17.5 Å². The van der Waals surface area contributed by atoms with Crippen LogP contribution in [0.15, 0.2) is 53.8 Å². The van der Waals surface area contributed by atoms with E-state index in [2.05, 4.69) is 0 Å². The molecule has 1 aliphatic heterocycles. The number of hydrogen-bond donors (Lipinski definition) is 0. The lowest BCUT2D eigenvalue weighted by Crippen LogP contribution is -2.32. The van der Waals surface area contributed by atoms with Crippen molar-refractivity contribution in [1.29, 1.82) is 0 Å². The number of carbonyl (C=O) groups excluding carboxylic acids is 3. The maximum atomic E-state index is 13.1. The van der Waals surface area contributed by atoms with Crippen LogP contribution in [0.25, 0.3) is 0 Å². The Kier molecular flexibility index (Phi) is 4.03. The van der Waals surface area contributed by atoms with Gasteiger partial charge in [-0.15, -0.1) is 0 Å². The van der Waals surface area contributed by atoms with Crippen molar-refractivity contribution in [2.45, 2.75) is 12.3 Å². The normalized spacial score (nSPS) is 18.6. The summed E-state index contributed by atoms with van der Waals surface area (Å²) in [7, 11) is 3.03. The summed E-state index contributed by atoms with van der Waals surface area (Å²) in [5.41, 5.74) is 1.47. The smallest absolute Gasteiger partial charge is 0.312 e. The van der Waals surface area contributed by atoms with Crippen molar-refractivity contribution in [3.63, 3.8) is 0 Å². The molecule has 0 N–H and O–H groups in total. The fourth-order valence-corrected chi connectivity index (χ4v) is 3.57. The molecule has 2 aliphatic rings. The van der Waals surface area contributed by atoms with Crippen LogP contribution < -0.4 is 9.47 Å². The maximum absolute atomic E-state index is 13.1. The van der Waals surface area contributed by atoms with Gasteiger partial charge in [-0.05, 0) is 17.7 Å². The molecule has 0 bridgehead atoms. The van der Waals surface area contributed by atoms with Gasteiger partial charge in [-0.25, -0.2) is 0 Å². The molecule has 27 heavy (non-hydrogen) atoms. The molecule has 2 aromatic carbocycles. The largest absolute Gasteiger partial charge is 0.493 e. The molecule has 1 heterocycles. The van der Waals surface area contributed by atoms with Crippen molar-refractivity contribution < 1.29 is 28.6 Å². The van der Waals surface area contributed by atoms with Gasteiger partial charge in [0.15, 0.2) is 23.0 Å². The average molecular weight is 364 g/mol. The monoisotopic (exact) mass is 364 g/mol. The van der Waals surface area contributed by atoms with Gasteiger partial charge >= 0.3 is 5.97 Å². The summed E-state index contributed by atoms with van der Waals surface area (Å²) in [5, 5.41) is 0. The van der Waals surface area contributed by atoms with E-state index in [0.717, 1.165) is 0 Å². The first-order valence-electron chi connectivity index (χ1n) is 8.40. The third-order valence-corrected chi connectivity index (χ3v) is 4.86. The molecular weight excluding hydrogens is 348 g/mol. The van der Waals surface area contributed by atoms with Crippen LogP contribution in [-0.4, -0.2) is 31.8 Å². The highest BCUT2D eigenvalue weighted by Crippen LogP contribution is 2.43. The zero-order chi connectivity index (χ0) is 19.1. The van der Waals surface area contributed by atoms with E-state index in [0.29, 0.717) is 22.6 Å². The Bertz CT molecular complexity index is 1020. The summed E-state index contributed by atoms with van der Waals surface area (Å²) in [5.74, 6) is -1.04. The average Bonchev–Trinajstić information content (AvgIpc) is 2.70. The van der Waals surface area contributed by atoms with E-state index in [9.17, 15) is 14.4 Å². The molecule has 6 nitrogen and oxygen atoms in total. The highest BCUT2D eigenvalue weighted by molar-refractivity contribution is 6.27. The number of rotatable bonds is 3. The van der Waals surface area contributed by atoms with Gasteiger partial charge in [0.2, 0.25) is 5.78 Å². The number of methoxy groups -OCH3 is 2. The molecule has 0 aromatic heterocycles. The Morgan fingerprint density at radius 1 is 0.889 bits per heavy atom. The van der Waals surface area contributed by atoms with Crippen LogP contribution >= 0.6 is 0 Å². The molecular formula is C21H16O6. The summed E-state index contributed by atoms with van der Waals surface area (Å²) in [4.78, 5) is 38.1. The van der Waals surface area contributed by atoms with Crippen LogP contribution in [0, 0.1) is 0 Å². The lowest BCUT2D eigenvalue weighted by atomic mass is 9.77. The van der Waals surface area contributed by atoms with Gasteiger partial charge in [-0.3, -0.25) is 14.4 Å². The van der Waals surface area contributed by atoms with Crippen molar-refractivity contribution in [2.75, 3.05) is 14.2 Å². The lowest BCUT2D eigenvalue weighted by Gasteiger charge is -2.30. The fourth-order valence-electron chi connectivity index (χ4n) is 3.57. The van der Waals surface area contributed by atoms with E-state index in [-0.39, 0.29) is 29.1 Å². The highest BCUT2D eigenvalue weighted by Gasteiger charge is 2.42. The minimum absolute atomic E-state index is 0.0322. The van der Waals surface area contributed by atoms with Gasteiger partial charge in [-0.1, -0.05) is 30.3 Å². The molecule has 0 saturated carbocycles. The summed E-state index contributed by atoms with van der Waals surface area (Å²) < 4.78 is 15.8. The van der Waals surface area contributed by atoms with Gasteiger partial charge < -0.3 is 14.2 Å². The number of allylic oxidation sites excluding steroid dienone is 2. The van der Waals surface area contributed by atoms with E-state index in [4.69, 9.17) is 14.2 Å². The quantitative estimate of drug-likeness (QED) is 0.779. The van der Waals surface area contributed by atoms with E-state index in [1.54, 1.807) is 42.5 Å². The first-order valence-corrected chi connectivity index (χ1v) is 8.40. The molecule has 2 aromatic rings. The second-order valence-corrected chi connectivity index (χ2v) is 6.29. The Hall–Kier alpha value is -3.41. The van der Waals surface area contributed by atoms with Crippen LogP contribution in [0.4, 0.5) is 0 Å². The van der Waals surface area contributed by atoms with Crippen molar-refractivity contribution in [2.24, 2.45) is 0 Å². The first kappa shape index (κ1) is 17.0. The molecule has 1 aliphatic carbocycles. The minimum Gasteiger partial charge on any atom is -0.493 e. The molecule has 1 atom stereocenters. The van der Waals surface area contributed by atoms with Gasteiger partial charge in [-0.2, -0.15) is 0 Å². The van der Waals surface area contributed by atoms with Crippen LogP contribution in [0.5, 0.6) is 11.5 Å². The third-order valence-electron chi connectivity index (χ3n) is 4.86. The molecule has 0 saturated heterocycles. The third kappa shape index (κ3) is 2.61. The molecule has 0 amide bonds. The van der Waals surface area contributed by atoms with Gasteiger partial charge in [0, 0.05) is 17.0 Å². The molecule has 6 heteroatoms. The second-order valence-electron chi connectivity index (χ2n) is 6.29. The van der Waals surface area contributed by atoms with Gasteiger partial charge in [0.25, 0.3) is 0 Å². The Morgan fingerprint density at radius 2 is 1.56 bits per heavy atom. The standard InChI is InChI=1S/C21H16O6/c1-25-15-8-7-11(9-16(15)26-2)14-10-17(22)27-21-18(14)19(23)12-5-3-4-6-13(12)20(21)24/h3-9,14H,10H2,1-2H3/t14-/m0/s1. The summed E-state index contributed by atoms with van der Waals surface area (Å²) in [6.07, 6.45) is -0.0322. The fraction of sp³-hybridized carbons (Fsp3) is 0.190. The number of esters is 1. The number of Topliss-reactive ketones (excluding diaryl/α,β-unsaturated/α-hetero) is 2. The van der Waals surface area contributed by atoms with Gasteiger partial charge in [0.1, 0.15) is 0 Å². The van der Waals surface area contributed by atoms with Crippen molar-refractivity contribution in [3.05, 3.63) is 70.5 Å². The van der Waals surface area contributed by atoms with Gasteiger partial charge in [0.05, 0.1) is 26.2 Å². The zero-order valence-corrected chi connectivity index (χ0v) is 14.8. The molecule has 136 valence electrons. The number of fused-ring (bicyclic) bond motifs is 1. The van der Waals surface area contributed by atoms with Crippen LogP contribution in [0.3, 0.4) is 0 Å². The number of ether oxygens (including phenoxy) is 3. The SMILES string of the molecule is COc1ccc([C@@H]2CC(=O)OC3=C2C(=O)c2ccccc2C3=O)cc1OC. The summed E-state index contributed by atoms with van der Waals surface area (Å²) in [6.45, 7) is 0. The zero-order valence-electron chi connectivity index (χ0n) is 14.8. The number of carbonyl (C=O) groups is 3. The maximum Gasteiger partial charge on any atom is 0.312 e. The van der Waals surface area contributed by atoms with Crippen LogP contribution in [0.2, 0.25) is 0 Å². The number of benzene rings is 2. The van der Waals surface area contributed by atoms with Crippen LogP contribution in [0.1, 0.15) is 38.6 Å². The highest BCUT2D eigenvalue weighted by atomic mass is 16.5. The Balaban J connectivity index is 1.88. The molecule has 4 rings (SSSR count). The summed E-state index contributed by atoms with van der Waals surface area (Å²) >= 11 is 0. The lowest BCUT2D eigenvalue weighted by molar-refractivity contribution is -0.140. The van der Waals surface area contributed by atoms with E-state index < -0.39 is 17.7 Å². The second kappa shape index (κ2) is 6.39. The predicted molar refractivity (Wildman–Crippen MR) is 95.1 cm³/mol. The number of hydrogen-bond acceptors (Lipinski definition) is 6. The topological polar surface area (TPSA) is 78.9 Å². The van der Waals surface area contributed by atoms with E-state index >= 15 is 0 Å². The minimum atomic E-state index is -0.592. The predicted octanol–water partition coefficient (Wildman–Crippen LogP) is 3.07. The first-order chi connectivity index (χ1) is 13.0. The van der Waals surface area contributed by atoms with E-state index in [1.165, 1.54) is 14.2 Å². The van der Waals surface area contributed by atoms with Crippen molar-refractivity contribution in [1.82, 2.24) is 0 Å². The van der Waals surface area contributed by atoms with E-state index in [1.807, 2.05) is 0 Å². The summed E-state index contributed by atoms with van der Waals surface area (Å²) in [6, 6.07) is 11.7. The van der Waals surface area contributed by atoms with Crippen molar-refractivity contribution in [3.8, 4) is 11.5 Å². The van der Waals surface area contributed by atoms with Crippen LogP contribution in [-0.2, 0) is 9.53 Å². The molecule has 0 radical (unpaired) electrons. The molecule has 0 fully saturated rings. The number of ketones is 2. The Morgan fingerprint density at radius 3 is 2.22 bits per heavy atom. The Labute approximate surface area is 155 Å². The molecule has 0 unspecified atom stereocenters. The molecule has 0 spiro atoms.